The number of nitrogens with one attached hydrogen (secondary N) is 2. The Morgan fingerprint density at radius 1 is 1.24 bits per heavy atom. The van der Waals surface area contributed by atoms with E-state index in [1.807, 2.05) is 51.1 Å². The minimum Gasteiger partial charge on any atom is -0.370 e. The number of hydrogen-bond donors (Lipinski definition) is 2. The zero-order valence-electron chi connectivity index (χ0n) is 13.2. The third kappa shape index (κ3) is 3.94. The molecule has 112 valence electrons. The number of benzene rings is 1. The van der Waals surface area contributed by atoms with E-state index in [-0.39, 0.29) is 11.4 Å². The van der Waals surface area contributed by atoms with Gasteiger partial charge in [0.15, 0.2) is 0 Å². The first-order valence-corrected chi connectivity index (χ1v) is 7.37. The molecule has 0 spiro atoms. The molecule has 0 atom stereocenters. The first-order chi connectivity index (χ1) is 9.90. The summed E-state index contributed by atoms with van der Waals surface area (Å²) in [5.41, 5.74) is 1.23. The fraction of sp³-hybridized carbons (Fsp3) is 0.412. The van der Waals surface area contributed by atoms with Crippen LogP contribution in [0.25, 0.3) is 10.9 Å². The monoisotopic (exact) mass is 285 g/mol. The lowest BCUT2D eigenvalue weighted by Crippen LogP contribution is -2.40. The van der Waals surface area contributed by atoms with Gasteiger partial charge >= 0.3 is 0 Å². The molecular weight excluding hydrogens is 262 g/mol. The molecule has 0 fully saturated rings. The van der Waals surface area contributed by atoms with Crippen molar-refractivity contribution < 1.29 is 4.79 Å². The maximum atomic E-state index is 12.5. The van der Waals surface area contributed by atoms with Crippen LogP contribution in [0.15, 0.2) is 30.3 Å². The van der Waals surface area contributed by atoms with E-state index in [0.29, 0.717) is 5.56 Å². The van der Waals surface area contributed by atoms with Crippen molar-refractivity contribution >= 4 is 22.6 Å². The second kappa shape index (κ2) is 6.12. The van der Waals surface area contributed by atoms with Crippen LogP contribution in [0.3, 0.4) is 0 Å². The van der Waals surface area contributed by atoms with Gasteiger partial charge in [0.1, 0.15) is 5.82 Å². The Bertz CT molecular complexity index is 644. The molecule has 1 heterocycles. The molecule has 0 saturated heterocycles. The highest BCUT2D eigenvalue weighted by Crippen LogP contribution is 2.21. The number of carbonyl (C=O) groups excluding carboxylic acids is 1. The number of fused-ring (bicyclic) bond motifs is 1. The lowest BCUT2D eigenvalue weighted by Gasteiger charge is -2.21. The number of nitrogens with zero attached hydrogens (tertiary/aromatic N) is 1. The minimum absolute atomic E-state index is 0.0688. The van der Waals surface area contributed by atoms with Crippen LogP contribution in [0, 0.1) is 0 Å². The maximum absolute atomic E-state index is 12.5. The van der Waals surface area contributed by atoms with Crippen molar-refractivity contribution in [3.05, 3.63) is 35.9 Å². The van der Waals surface area contributed by atoms with Gasteiger partial charge < -0.3 is 10.6 Å². The van der Waals surface area contributed by atoms with Gasteiger partial charge in [0.25, 0.3) is 5.91 Å². The number of carbonyl (C=O) groups is 1. The fourth-order valence-electron chi connectivity index (χ4n) is 2.11. The van der Waals surface area contributed by atoms with Crippen LogP contribution >= 0.6 is 0 Å². The summed E-state index contributed by atoms with van der Waals surface area (Å²) in [7, 11) is 0. The quantitative estimate of drug-likeness (QED) is 0.902. The summed E-state index contributed by atoms with van der Waals surface area (Å²) in [4.78, 5) is 17.1. The number of para-hydroxylation sites is 1. The Hall–Kier alpha value is -2.10. The van der Waals surface area contributed by atoms with E-state index in [1.165, 1.54) is 0 Å². The molecule has 1 amide bonds. The highest BCUT2D eigenvalue weighted by atomic mass is 16.1. The van der Waals surface area contributed by atoms with Gasteiger partial charge in [0.2, 0.25) is 0 Å². The molecule has 4 nitrogen and oxygen atoms in total. The number of rotatable bonds is 4. The molecule has 0 unspecified atom stereocenters. The summed E-state index contributed by atoms with van der Waals surface area (Å²) in [5.74, 6) is 0.676. The Morgan fingerprint density at radius 2 is 1.95 bits per heavy atom. The highest BCUT2D eigenvalue weighted by molar-refractivity contribution is 6.07. The summed E-state index contributed by atoms with van der Waals surface area (Å²) in [5, 5.41) is 7.15. The summed E-state index contributed by atoms with van der Waals surface area (Å²) in [6.45, 7) is 8.87. The zero-order valence-corrected chi connectivity index (χ0v) is 13.2. The second-order valence-corrected chi connectivity index (χ2v) is 6.20. The van der Waals surface area contributed by atoms with Crippen molar-refractivity contribution in [1.82, 2.24) is 10.3 Å². The molecule has 0 aliphatic carbocycles. The predicted molar refractivity (Wildman–Crippen MR) is 87.7 cm³/mol. The minimum atomic E-state index is -0.265. The molecule has 0 aliphatic heterocycles. The van der Waals surface area contributed by atoms with E-state index in [0.717, 1.165) is 29.7 Å². The molecule has 21 heavy (non-hydrogen) atoms. The molecule has 4 heteroatoms. The standard InChI is InChI=1S/C17H23N3O/c1-5-10-18-15-11-13(16(21)20-17(2,3)4)12-8-6-7-9-14(12)19-15/h6-9,11H,5,10H2,1-4H3,(H,18,19)(H,20,21). The Balaban J connectivity index is 2.46. The highest BCUT2D eigenvalue weighted by Gasteiger charge is 2.18. The lowest BCUT2D eigenvalue weighted by atomic mass is 10.0. The van der Waals surface area contributed by atoms with Gasteiger partial charge in [-0.3, -0.25) is 4.79 Å². The summed E-state index contributed by atoms with van der Waals surface area (Å²) < 4.78 is 0. The van der Waals surface area contributed by atoms with Gasteiger partial charge in [-0.05, 0) is 39.3 Å². The molecule has 2 N–H and O–H groups in total. The molecule has 2 rings (SSSR count). The molecule has 0 bridgehead atoms. The average Bonchev–Trinajstić information content (AvgIpc) is 2.42. The topological polar surface area (TPSA) is 54.0 Å². The van der Waals surface area contributed by atoms with E-state index in [9.17, 15) is 4.79 Å². The fourth-order valence-corrected chi connectivity index (χ4v) is 2.11. The van der Waals surface area contributed by atoms with Crippen molar-refractivity contribution in [3.8, 4) is 0 Å². The summed E-state index contributed by atoms with van der Waals surface area (Å²) >= 11 is 0. The van der Waals surface area contributed by atoms with Crippen molar-refractivity contribution in [1.29, 1.82) is 0 Å². The average molecular weight is 285 g/mol. The lowest BCUT2D eigenvalue weighted by molar-refractivity contribution is 0.0921. The number of amides is 1. The number of hydrogen-bond acceptors (Lipinski definition) is 3. The van der Waals surface area contributed by atoms with Crippen molar-refractivity contribution in [2.24, 2.45) is 0 Å². The summed E-state index contributed by atoms with van der Waals surface area (Å²) in [6.07, 6.45) is 1.01. The maximum Gasteiger partial charge on any atom is 0.252 e. The molecule has 0 aliphatic rings. The molecule has 2 aromatic rings. The molecule has 1 aromatic carbocycles. The smallest absolute Gasteiger partial charge is 0.252 e. The van der Waals surface area contributed by atoms with Gasteiger partial charge in [-0.1, -0.05) is 25.1 Å². The number of anilines is 1. The van der Waals surface area contributed by atoms with Gasteiger partial charge in [-0.2, -0.15) is 0 Å². The van der Waals surface area contributed by atoms with Crippen LogP contribution in [-0.2, 0) is 0 Å². The largest absolute Gasteiger partial charge is 0.370 e. The number of pyridine rings is 1. The van der Waals surface area contributed by atoms with E-state index >= 15 is 0 Å². The predicted octanol–water partition coefficient (Wildman–Crippen LogP) is 3.59. The van der Waals surface area contributed by atoms with E-state index in [4.69, 9.17) is 0 Å². The summed E-state index contributed by atoms with van der Waals surface area (Å²) in [6, 6.07) is 9.56. The second-order valence-electron chi connectivity index (χ2n) is 6.20. The van der Waals surface area contributed by atoms with Gasteiger partial charge in [0.05, 0.1) is 11.1 Å². The van der Waals surface area contributed by atoms with Crippen molar-refractivity contribution in [2.45, 2.75) is 39.7 Å². The first kappa shape index (κ1) is 15.3. The molecule has 1 aromatic heterocycles. The SMILES string of the molecule is CCCNc1cc(C(=O)NC(C)(C)C)c2ccccc2n1. The molecular formula is C17H23N3O. The molecule has 0 radical (unpaired) electrons. The van der Waals surface area contributed by atoms with Gasteiger partial charge in [-0.25, -0.2) is 4.98 Å². The zero-order chi connectivity index (χ0) is 15.5. The van der Waals surface area contributed by atoms with Gasteiger partial charge in [0, 0.05) is 17.5 Å². The van der Waals surface area contributed by atoms with Crippen LogP contribution in [0.1, 0.15) is 44.5 Å². The van der Waals surface area contributed by atoms with Crippen LogP contribution in [0.4, 0.5) is 5.82 Å². The van der Waals surface area contributed by atoms with E-state index in [2.05, 4.69) is 22.5 Å². The van der Waals surface area contributed by atoms with E-state index in [1.54, 1.807) is 0 Å². The first-order valence-electron chi connectivity index (χ1n) is 7.37. The molecule has 0 saturated carbocycles. The van der Waals surface area contributed by atoms with Crippen LogP contribution < -0.4 is 10.6 Å². The Kier molecular flexibility index (Phi) is 4.46. The van der Waals surface area contributed by atoms with Crippen LogP contribution in [-0.4, -0.2) is 23.0 Å². The van der Waals surface area contributed by atoms with Crippen molar-refractivity contribution in [3.63, 3.8) is 0 Å². The Labute approximate surface area is 126 Å². The number of aromatic nitrogens is 1. The van der Waals surface area contributed by atoms with Crippen LogP contribution in [0.2, 0.25) is 0 Å². The Morgan fingerprint density at radius 3 is 2.62 bits per heavy atom. The normalized spacial score (nSPS) is 11.4. The van der Waals surface area contributed by atoms with Crippen molar-refractivity contribution in [2.75, 3.05) is 11.9 Å². The van der Waals surface area contributed by atoms with E-state index < -0.39 is 0 Å². The third-order valence-corrected chi connectivity index (χ3v) is 3.01. The van der Waals surface area contributed by atoms with Gasteiger partial charge in [-0.15, -0.1) is 0 Å². The van der Waals surface area contributed by atoms with Crippen LogP contribution in [0.5, 0.6) is 0 Å². The third-order valence-electron chi connectivity index (χ3n) is 3.01.